The fraction of sp³-hybridized carbons (Fsp3) is 0.727. The zero-order valence-electron chi connectivity index (χ0n) is 11.4. The van der Waals surface area contributed by atoms with Gasteiger partial charge in [-0.1, -0.05) is 0 Å². The predicted molar refractivity (Wildman–Crippen MR) is 72.5 cm³/mol. The summed E-state index contributed by atoms with van der Waals surface area (Å²) in [4.78, 5) is 2.53. The Morgan fingerprint density at radius 1 is 1.42 bits per heavy atom. The number of rotatable bonds is 5. The van der Waals surface area contributed by atoms with E-state index in [2.05, 4.69) is 20.4 Å². The number of piperazine rings is 1. The van der Waals surface area contributed by atoms with E-state index < -0.39 is 10.0 Å². The summed E-state index contributed by atoms with van der Waals surface area (Å²) in [5, 5.41) is 9.71. The molecule has 0 amide bonds. The Bertz CT molecular complexity index is 507. The van der Waals surface area contributed by atoms with Gasteiger partial charge in [0.25, 0.3) is 0 Å². The van der Waals surface area contributed by atoms with Gasteiger partial charge < -0.3 is 5.32 Å². The molecule has 0 bridgehead atoms. The Morgan fingerprint density at radius 3 is 2.68 bits per heavy atom. The molecule has 1 aromatic heterocycles. The largest absolute Gasteiger partial charge is 0.314 e. The van der Waals surface area contributed by atoms with Crippen LogP contribution in [0.2, 0.25) is 0 Å². The first-order chi connectivity index (χ1) is 9.01. The highest BCUT2D eigenvalue weighted by Crippen LogP contribution is 2.15. The van der Waals surface area contributed by atoms with E-state index in [-0.39, 0.29) is 4.90 Å². The van der Waals surface area contributed by atoms with Crippen LogP contribution >= 0.6 is 0 Å². The number of hydrogen-bond acceptors (Lipinski definition) is 5. The van der Waals surface area contributed by atoms with Gasteiger partial charge in [0, 0.05) is 46.3 Å². The molecule has 0 atom stereocenters. The van der Waals surface area contributed by atoms with E-state index in [1.807, 2.05) is 0 Å². The molecular formula is C11H21N5O2S. The smallest absolute Gasteiger partial charge is 0.246 e. The molecule has 0 spiro atoms. The third-order valence-corrected chi connectivity index (χ3v) is 5.38. The van der Waals surface area contributed by atoms with Crippen LogP contribution in [-0.4, -0.2) is 74.1 Å². The number of aromatic nitrogens is 2. The van der Waals surface area contributed by atoms with Crippen molar-refractivity contribution in [2.75, 3.05) is 46.3 Å². The number of aromatic amines is 1. The van der Waals surface area contributed by atoms with E-state index in [1.165, 1.54) is 10.5 Å². The summed E-state index contributed by atoms with van der Waals surface area (Å²) in [6.45, 7) is 6.84. The first kappa shape index (κ1) is 14.4. The number of nitrogens with one attached hydrogen (secondary N) is 2. The summed E-state index contributed by atoms with van der Waals surface area (Å²) in [7, 11) is -1.81. The zero-order chi connectivity index (χ0) is 13.9. The Morgan fingerprint density at radius 2 is 2.11 bits per heavy atom. The molecule has 0 saturated carbocycles. The minimum atomic E-state index is -3.43. The summed E-state index contributed by atoms with van der Waals surface area (Å²) >= 11 is 0. The molecule has 2 N–H and O–H groups in total. The van der Waals surface area contributed by atoms with Gasteiger partial charge in [0.05, 0.1) is 11.9 Å². The third-order valence-electron chi connectivity index (χ3n) is 3.41. The van der Waals surface area contributed by atoms with Gasteiger partial charge in [0.2, 0.25) is 10.0 Å². The van der Waals surface area contributed by atoms with Crippen molar-refractivity contribution in [3.05, 3.63) is 11.9 Å². The van der Waals surface area contributed by atoms with Crippen LogP contribution in [0.1, 0.15) is 5.69 Å². The monoisotopic (exact) mass is 287 g/mol. The summed E-state index contributed by atoms with van der Waals surface area (Å²) in [6.07, 6.45) is 1.37. The predicted octanol–water partition coefficient (Wildman–Crippen LogP) is -0.756. The standard InChI is InChI=1S/C11H21N5O2S/c1-10-11(9-13-14-10)19(17,18)15(2)7-8-16-5-3-12-4-6-16/h9,12H,3-8H2,1-2H3,(H,13,14). The minimum absolute atomic E-state index is 0.260. The molecule has 19 heavy (non-hydrogen) atoms. The quantitative estimate of drug-likeness (QED) is 0.744. The number of sulfonamides is 1. The van der Waals surface area contributed by atoms with Crippen molar-refractivity contribution in [3.63, 3.8) is 0 Å². The zero-order valence-corrected chi connectivity index (χ0v) is 12.2. The van der Waals surface area contributed by atoms with Crippen molar-refractivity contribution in [1.82, 2.24) is 24.7 Å². The molecule has 0 unspecified atom stereocenters. The average Bonchev–Trinajstić information content (AvgIpc) is 2.84. The highest BCUT2D eigenvalue weighted by molar-refractivity contribution is 7.89. The lowest BCUT2D eigenvalue weighted by Gasteiger charge is -2.28. The lowest BCUT2D eigenvalue weighted by atomic mass is 10.3. The number of likely N-dealkylation sites (N-methyl/N-ethyl adjacent to an activating group) is 1. The van der Waals surface area contributed by atoms with Crippen molar-refractivity contribution >= 4 is 10.0 Å². The summed E-state index contributed by atoms with van der Waals surface area (Å²) in [5.74, 6) is 0. The molecule has 0 aliphatic carbocycles. The lowest BCUT2D eigenvalue weighted by Crippen LogP contribution is -2.46. The van der Waals surface area contributed by atoms with Crippen molar-refractivity contribution in [2.45, 2.75) is 11.8 Å². The van der Waals surface area contributed by atoms with Gasteiger partial charge in [0.15, 0.2) is 0 Å². The highest BCUT2D eigenvalue weighted by Gasteiger charge is 2.24. The van der Waals surface area contributed by atoms with Crippen LogP contribution in [0.25, 0.3) is 0 Å². The van der Waals surface area contributed by atoms with E-state index in [1.54, 1.807) is 14.0 Å². The second-order valence-corrected chi connectivity index (χ2v) is 6.79. The molecule has 7 nitrogen and oxygen atoms in total. The van der Waals surface area contributed by atoms with Crippen LogP contribution in [-0.2, 0) is 10.0 Å². The maximum absolute atomic E-state index is 12.3. The number of hydrogen-bond donors (Lipinski definition) is 2. The number of H-pyrrole nitrogens is 1. The fourth-order valence-corrected chi connectivity index (χ4v) is 3.38. The maximum atomic E-state index is 12.3. The number of nitrogens with zero attached hydrogens (tertiary/aromatic N) is 3. The number of aryl methyl sites for hydroxylation is 1. The van der Waals surface area contributed by atoms with Gasteiger partial charge in [0.1, 0.15) is 4.90 Å². The van der Waals surface area contributed by atoms with E-state index in [0.29, 0.717) is 12.2 Å². The van der Waals surface area contributed by atoms with Crippen LogP contribution in [0.4, 0.5) is 0 Å². The molecule has 1 fully saturated rings. The fourth-order valence-electron chi connectivity index (χ4n) is 2.10. The molecule has 1 aliphatic rings. The Kier molecular flexibility index (Phi) is 4.56. The van der Waals surface area contributed by atoms with Crippen molar-refractivity contribution in [3.8, 4) is 0 Å². The van der Waals surface area contributed by atoms with Crippen LogP contribution in [0.15, 0.2) is 11.1 Å². The Labute approximate surface area is 114 Å². The third kappa shape index (κ3) is 3.33. The molecule has 8 heteroatoms. The summed E-state index contributed by atoms with van der Waals surface area (Å²) in [5.41, 5.74) is 0.578. The van der Waals surface area contributed by atoms with Gasteiger partial charge >= 0.3 is 0 Å². The van der Waals surface area contributed by atoms with Crippen molar-refractivity contribution < 1.29 is 8.42 Å². The second-order valence-electron chi connectivity index (χ2n) is 4.78. The normalized spacial score (nSPS) is 18.1. The van der Waals surface area contributed by atoms with E-state index in [4.69, 9.17) is 0 Å². The molecule has 0 radical (unpaired) electrons. The van der Waals surface area contributed by atoms with Gasteiger partial charge in [-0.15, -0.1) is 0 Å². The molecule has 1 aromatic rings. The molecule has 2 heterocycles. The first-order valence-corrected chi connectivity index (χ1v) is 7.85. The molecule has 1 saturated heterocycles. The van der Waals surface area contributed by atoms with Gasteiger partial charge in [-0.25, -0.2) is 8.42 Å². The van der Waals surface area contributed by atoms with Gasteiger partial charge in [-0.2, -0.15) is 9.40 Å². The minimum Gasteiger partial charge on any atom is -0.314 e. The van der Waals surface area contributed by atoms with Crippen LogP contribution in [0, 0.1) is 6.92 Å². The van der Waals surface area contributed by atoms with Crippen molar-refractivity contribution in [1.29, 1.82) is 0 Å². The summed E-state index contributed by atoms with van der Waals surface area (Å²) < 4.78 is 26.0. The van der Waals surface area contributed by atoms with E-state index in [9.17, 15) is 8.42 Å². The van der Waals surface area contributed by atoms with Crippen LogP contribution in [0.3, 0.4) is 0 Å². The highest BCUT2D eigenvalue weighted by atomic mass is 32.2. The molecule has 1 aliphatic heterocycles. The first-order valence-electron chi connectivity index (χ1n) is 6.41. The Balaban J connectivity index is 1.95. The molecule has 2 rings (SSSR count). The van der Waals surface area contributed by atoms with Crippen LogP contribution < -0.4 is 5.32 Å². The lowest BCUT2D eigenvalue weighted by molar-refractivity contribution is 0.229. The second kappa shape index (κ2) is 6.00. The molecule has 108 valence electrons. The van der Waals surface area contributed by atoms with Gasteiger partial charge in [-0.05, 0) is 6.92 Å². The SMILES string of the molecule is Cc1[nH]ncc1S(=O)(=O)N(C)CCN1CCNCC1. The molecule has 0 aromatic carbocycles. The van der Waals surface area contributed by atoms with Crippen molar-refractivity contribution in [2.24, 2.45) is 0 Å². The summed E-state index contributed by atoms with van der Waals surface area (Å²) in [6, 6.07) is 0. The Hall–Kier alpha value is -0.960. The van der Waals surface area contributed by atoms with Gasteiger partial charge in [-0.3, -0.25) is 10.00 Å². The molecular weight excluding hydrogens is 266 g/mol. The maximum Gasteiger partial charge on any atom is 0.246 e. The van der Waals surface area contributed by atoms with E-state index >= 15 is 0 Å². The van der Waals surface area contributed by atoms with Crippen LogP contribution in [0.5, 0.6) is 0 Å². The average molecular weight is 287 g/mol. The topological polar surface area (TPSA) is 81.3 Å². The van der Waals surface area contributed by atoms with E-state index in [0.717, 1.165) is 32.7 Å².